The van der Waals surface area contributed by atoms with E-state index in [2.05, 4.69) is 23.3 Å². The van der Waals surface area contributed by atoms with Gasteiger partial charge < -0.3 is 5.32 Å². The van der Waals surface area contributed by atoms with Gasteiger partial charge in [-0.3, -0.25) is 4.79 Å². The van der Waals surface area contributed by atoms with Crippen LogP contribution in [0.2, 0.25) is 5.02 Å². The molecule has 1 aromatic rings. The SMILES string of the molecule is C=CCn1ncc(NC2CCC(SC)CC2)c(Cl)c1=O. The minimum atomic E-state index is -0.269. The monoisotopic (exact) mass is 313 g/mol. The van der Waals surface area contributed by atoms with Crippen LogP contribution in [0.5, 0.6) is 0 Å². The topological polar surface area (TPSA) is 46.9 Å². The lowest BCUT2D eigenvalue weighted by Gasteiger charge is -2.28. The lowest BCUT2D eigenvalue weighted by atomic mass is 9.95. The van der Waals surface area contributed by atoms with Gasteiger partial charge in [0.2, 0.25) is 0 Å². The van der Waals surface area contributed by atoms with Crippen molar-refractivity contribution in [1.29, 1.82) is 0 Å². The molecular weight excluding hydrogens is 294 g/mol. The molecule has 0 saturated heterocycles. The number of nitrogens with zero attached hydrogens (tertiary/aromatic N) is 2. The zero-order chi connectivity index (χ0) is 14.5. The van der Waals surface area contributed by atoms with Crippen molar-refractivity contribution in [3.05, 3.63) is 34.2 Å². The maximum atomic E-state index is 12.0. The summed E-state index contributed by atoms with van der Waals surface area (Å²) in [7, 11) is 0. The Morgan fingerprint density at radius 3 is 2.85 bits per heavy atom. The molecule has 0 bridgehead atoms. The fourth-order valence-electron chi connectivity index (χ4n) is 2.48. The highest BCUT2D eigenvalue weighted by atomic mass is 35.5. The molecule has 0 aromatic carbocycles. The van der Waals surface area contributed by atoms with Crippen molar-refractivity contribution >= 4 is 29.1 Å². The first-order chi connectivity index (χ1) is 9.65. The standard InChI is InChI=1S/C14H20ClN3OS/c1-3-8-18-14(19)13(15)12(9-16-18)17-10-4-6-11(20-2)7-5-10/h3,9-11,17H,1,4-8H2,2H3. The molecule has 1 aromatic heterocycles. The Bertz CT molecular complexity index is 524. The predicted molar refractivity (Wildman–Crippen MR) is 86.9 cm³/mol. The molecule has 1 fully saturated rings. The third-order valence-corrected chi connectivity index (χ3v) is 5.16. The van der Waals surface area contributed by atoms with E-state index in [0.717, 1.165) is 18.1 Å². The summed E-state index contributed by atoms with van der Waals surface area (Å²) in [6.07, 6.45) is 10.1. The molecule has 0 amide bonds. The van der Waals surface area contributed by atoms with Crippen molar-refractivity contribution in [3.63, 3.8) is 0 Å². The zero-order valence-electron chi connectivity index (χ0n) is 11.6. The molecule has 0 aliphatic heterocycles. The highest BCUT2D eigenvalue weighted by Crippen LogP contribution is 2.29. The smallest absolute Gasteiger partial charge is 0.287 e. The summed E-state index contributed by atoms with van der Waals surface area (Å²) >= 11 is 8.07. The molecule has 6 heteroatoms. The van der Waals surface area contributed by atoms with Crippen LogP contribution in [-0.4, -0.2) is 27.3 Å². The van der Waals surface area contributed by atoms with E-state index in [1.54, 1.807) is 12.3 Å². The van der Waals surface area contributed by atoms with Gasteiger partial charge in [-0.05, 0) is 31.9 Å². The van der Waals surface area contributed by atoms with Crippen LogP contribution < -0.4 is 10.9 Å². The second-order valence-corrected chi connectivity index (χ2v) is 6.52. The molecule has 4 nitrogen and oxygen atoms in total. The number of rotatable bonds is 5. The average molecular weight is 314 g/mol. The fraction of sp³-hybridized carbons (Fsp3) is 0.571. The largest absolute Gasteiger partial charge is 0.380 e. The Hall–Kier alpha value is -0.940. The number of hydrogen-bond donors (Lipinski definition) is 1. The molecule has 0 atom stereocenters. The Kier molecular flexibility index (Phi) is 5.54. The number of halogens is 1. The average Bonchev–Trinajstić information content (AvgIpc) is 2.48. The van der Waals surface area contributed by atoms with E-state index in [0.29, 0.717) is 18.3 Å². The van der Waals surface area contributed by atoms with Gasteiger partial charge in [-0.25, -0.2) is 4.68 Å². The Morgan fingerprint density at radius 1 is 1.55 bits per heavy atom. The molecule has 0 unspecified atom stereocenters. The van der Waals surface area contributed by atoms with Gasteiger partial charge >= 0.3 is 0 Å². The lowest BCUT2D eigenvalue weighted by molar-refractivity contribution is 0.472. The zero-order valence-corrected chi connectivity index (χ0v) is 13.2. The minimum Gasteiger partial charge on any atom is -0.380 e. The van der Waals surface area contributed by atoms with Crippen LogP contribution in [0.25, 0.3) is 0 Å². The molecule has 2 rings (SSSR count). The Morgan fingerprint density at radius 2 is 2.25 bits per heavy atom. The van der Waals surface area contributed by atoms with Crippen LogP contribution in [0, 0.1) is 0 Å². The Labute approximate surface area is 128 Å². The fourth-order valence-corrected chi connectivity index (χ4v) is 3.43. The lowest BCUT2D eigenvalue weighted by Crippen LogP contribution is -2.29. The summed E-state index contributed by atoms with van der Waals surface area (Å²) in [5, 5.41) is 8.45. The third kappa shape index (κ3) is 3.58. The summed E-state index contributed by atoms with van der Waals surface area (Å²) < 4.78 is 1.31. The summed E-state index contributed by atoms with van der Waals surface area (Å²) in [5.41, 5.74) is 0.374. The third-order valence-electron chi connectivity index (χ3n) is 3.65. The number of allylic oxidation sites excluding steroid dienone is 1. The summed E-state index contributed by atoms with van der Waals surface area (Å²) in [6, 6.07) is 0.382. The van der Waals surface area contributed by atoms with Crippen molar-refractivity contribution in [2.45, 2.75) is 43.5 Å². The second kappa shape index (κ2) is 7.18. The van der Waals surface area contributed by atoms with E-state index >= 15 is 0 Å². The van der Waals surface area contributed by atoms with Gasteiger partial charge in [0.15, 0.2) is 0 Å². The van der Waals surface area contributed by atoms with E-state index in [9.17, 15) is 4.79 Å². The van der Waals surface area contributed by atoms with Crippen molar-refractivity contribution in [3.8, 4) is 0 Å². The summed E-state index contributed by atoms with van der Waals surface area (Å²) in [4.78, 5) is 12.0. The molecule has 1 saturated carbocycles. The molecule has 20 heavy (non-hydrogen) atoms. The highest BCUT2D eigenvalue weighted by Gasteiger charge is 2.21. The number of hydrogen-bond acceptors (Lipinski definition) is 4. The second-order valence-electron chi connectivity index (χ2n) is 5.00. The van der Waals surface area contributed by atoms with Crippen molar-refractivity contribution in [2.24, 2.45) is 0 Å². The normalized spacial score (nSPS) is 22.5. The first kappa shape index (κ1) is 15.4. The number of aromatic nitrogens is 2. The first-order valence-electron chi connectivity index (χ1n) is 6.81. The van der Waals surface area contributed by atoms with Gasteiger partial charge in [-0.2, -0.15) is 16.9 Å². The van der Waals surface area contributed by atoms with E-state index in [1.807, 2.05) is 11.8 Å². The number of thioether (sulfide) groups is 1. The molecule has 0 radical (unpaired) electrons. The molecule has 1 aliphatic carbocycles. The molecular formula is C14H20ClN3OS. The Balaban J connectivity index is 2.05. The number of anilines is 1. The first-order valence-corrected chi connectivity index (χ1v) is 8.48. The van der Waals surface area contributed by atoms with Crippen LogP contribution in [0.15, 0.2) is 23.6 Å². The highest BCUT2D eigenvalue weighted by molar-refractivity contribution is 7.99. The van der Waals surface area contributed by atoms with Crippen LogP contribution in [0.1, 0.15) is 25.7 Å². The molecule has 1 N–H and O–H groups in total. The molecule has 110 valence electrons. The van der Waals surface area contributed by atoms with Gasteiger partial charge in [0, 0.05) is 11.3 Å². The van der Waals surface area contributed by atoms with E-state index < -0.39 is 0 Å². The minimum absolute atomic E-state index is 0.217. The van der Waals surface area contributed by atoms with Crippen LogP contribution in [-0.2, 0) is 6.54 Å². The maximum absolute atomic E-state index is 12.0. The van der Waals surface area contributed by atoms with Gasteiger partial charge in [-0.15, -0.1) is 6.58 Å². The van der Waals surface area contributed by atoms with E-state index in [1.165, 1.54) is 17.5 Å². The van der Waals surface area contributed by atoms with Gasteiger partial charge in [0.05, 0.1) is 18.4 Å². The quantitative estimate of drug-likeness (QED) is 0.848. The van der Waals surface area contributed by atoms with Gasteiger partial charge in [0.25, 0.3) is 5.56 Å². The van der Waals surface area contributed by atoms with E-state index in [-0.39, 0.29) is 10.6 Å². The summed E-state index contributed by atoms with van der Waals surface area (Å²) in [6.45, 7) is 3.97. The molecule has 1 heterocycles. The number of nitrogens with one attached hydrogen (secondary N) is 1. The van der Waals surface area contributed by atoms with Crippen LogP contribution >= 0.6 is 23.4 Å². The maximum Gasteiger partial charge on any atom is 0.287 e. The van der Waals surface area contributed by atoms with Crippen LogP contribution in [0.4, 0.5) is 5.69 Å². The molecule has 1 aliphatic rings. The van der Waals surface area contributed by atoms with Crippen LogP contribution in [0.3, 0.4) is 0 Å². The molecule has 0 spiro atoms. The van der Waals surface area contributed by atoms with E-state index in [4.69, 9.17) is 11.6 Å². The van der Waals surface area contributed by atoms with Gasteiger partial charge in [0.1, 0.15) is 5.02 Å². The van der Waals surface area contributed by atoms with Gasteiger partial charge in [-0.1, -0.05) is 17.7 Å². The van der Waals surface area contributed by atoms with Crippen molar-refractivity contribution < 1.29 is 0 Å². The van der Waals surface area contributed by atoms with Crippen molar-refractivity contribution in [1.82, 2.24) is 9.78 Å². The predicted octanol–water partition coefficient (Wildman–Crippen LogP) is 3.17. The van der Waals surface area contributed by atoms with Crippen molar-refractivity contribution in [2.75, 3.05) is 11.6 Å². The summed E-state index contributed by atoms with van der Waals surface area (Å²) in [5.74, 6) is 0.